The van der Waals surface area contributed by atoms with Gasteiger partial charge in [-0.2, -0.15) is 5.10 Å². The van der Waals surface area contributed by atoms with Gasteiger partial charge in [-0.1, -0.05) is 101 Å². The second-order valence-corrected chi connectivity index (χ2v) is 22.9. The first-order chi connectivity index (χ1) is 41.7. The van der Waals surface area contributed by atoms with Crippen molar-refractivity contribution in [3.8, 4) is 11.5 Å². The maximum atomic E-state index is 13.0. The van der Waals surface area contributed by atoms with Gasteiger partial charge in [0.2, 0.25) is 5.13 Å². The Morgan fingerprint density at radius 1 is 0.674 bits per heavy atom. The highest BCUT2D eigenvalue weighted by atomic mass is 32.1. The van der Waals surface area contributed by atoms with Gasteiger partial charge in [-0.05, 0) is 205 Å². The molecule has 1 aromatic heterocycles. The molecule has 1 N–H and O–H groups in total. The minimum atomic E-state index is -0.382. The first-order valence-electron chi connectivity index (χ1n) is 30.6. The number of anilines is 2. The molecule has 0 unspecified atom stereocenters. The van der Waals surface area contributed by atoms with Gasteiger partial charge in [0.05, 0.1) is 54.7 Å². The minimum absolute atomic E-state index is 0.0129. The van der Waals surface area contributed by atoms with Crippen molar-refractivity contribution >= 4 is 62.3 Å². The van der Waals surface area contributed by atoms with Gasteiger partial charge in [-0.15, -0.1) is 0 Å². The number of aromatic nitrogens is 1. The van der Waals surface area contributed by atoms with E-state index in [1.807, 2.05) is 71.7 Å². The second-order valence-electron chi connectivity index (χ2n) is 21.9. The summed E-state index contributed by atoms with van der Waals surface area (Å²) in [5, 5.41) is 17.1. The third-order valence-corrected chi connectivity index (χ3v) is 16.1. The number of para-hydroxylation sites is 1. The van der Waals surface area contributed by atoms with Gasteiger partial charge in [0.25, 0.3) is 0 Å². The first kappa shape index (κ1) is 69.0. The van der Waals surface area contributed by atoms with Crippen LogP contribution in [0.15, 0.2) is 176 Å². The number of esters is 3. The third kappa shape index (κ3) is 27.1. The Balaban J connectivity index is 0.000000405. The number of aliphatic hydroxyl groups excluding tert-OH is 1. The van der Waals surface area contributed by atoms with E-state index in [0.29, 0.717) is 67.5 Å². The highest BCUT2D eigenvalue weighted by Crippen LogP contribution is 2.36. The van der Waals surface area contributed by atoms with Crippen LogP contribution in [0.4, 0.5) is 10.8 Å². The monoisotopic (exact) mass is 1190 g/mol. The zero-order valence-corrected chi connectivity index (χ0v) is 51.7. The second kappa shape index (κ2) is 39.8. The number of hydrogen-bond donors (Lipinski definition) is 1. The molecule has 0 saturated heterocycles. The number of methoxy groups -OCH3 is 1. The van der Waals surface area contributed by atoms with E-state index in [9.17, 15) is 24.3 Å². The number of ketones is 1. The number of hydrazone groups is 1. The fourth-order valence-corrected chi connectivity index (χ4v) is 10.9. The van der Waals surface area contributed by atoms with Crippen LogP contribution in [-0.4, -0.2) is 66.9 Å². The molecule has 1 heterocycles. The molecule has 2 saturated carbocycles. The summed E-state index contributed by atoms with van der Waals surface area (Å²) in [4.78, 5) is 52.1. The Morgan fingerprint density at radius 3 is 1.98 bits per heavy atom. The number of aryl methyl sites for hydroxylation is 1. The Hall–Kier alpha value is -7.78. The van der Waals surface area contributed by atoms with Crippen LogP contribution in [0.2, 0.25) is 0 Å². The number of carbonyl (C=O) groups is 4. The molecule has 4 aromatic rings. The van der Waals surface area contributed by atoms with Crippen molar-refractivity contribution in [2.24, 2.45) is 28.8 Å². The number of thiazole rings is 1. The van der Waals surface area contributed by atoms with Gasteiger partial charge in [0, 0.05) is 25.1 Å². The molecule has 462 valence electrons. The van der Waals surface area contributed by atoms with Crippen molar-refractivity contribution in [3.05, 3.63) is 177 Å². The molecule has 15 heteroatoms. The van der Waals surface area contributed by atoms with Crippen LogP contribution in [0.1, 0.15) is 147 Å². The number of hydrogen-bond acceptors (Lipinski definition) is 15. The van der Waals surface area contributed by atoms with Crippen LogP contribution in [-0.2, 0) is 44.5 Å². The topological polar surface area (TPSA) is 172 Å². The molecule has 6 rings (SSSR count). The largest absolute Gasteiger partial charge is 0.509 e. The molecule has 0 radical (unpaired) electrons. The van der Waals surface area contributed by atoms with Gasteiger partial charge < -0.3 is 33.5 Å². The lowest BCUT2D eigenvalue weighted by Gasteiger charge is -2.27. The van der Waals surface area contributed by atoms with Crippen LogP contribution < -0.4 is 14.5 Å². The van der Waals surface area contributed by atoms with Gasteiger partial charge in [-0.3, -0.25) is 14.4 Å². The molecule has 0 amide bonds. The quantitative estimate of drug-likeness (QED) is 0.00661. The van der Waals surface area contributed by atoms with E-state index in [2.05, 4.69) is 52.0 Å². The molecule has 0 aliphatic heterocycles. The van der Waals surface area contributed by atoms with Crippen LogP contribution in [0.5, 0.6) is 11.5 Å². The summed E-state index contributed by atoms with van der Waals surface area (Å²) in [6.45, 7) is 21.7. The highest BCUT2D eigenvalue weighted by Gasteiger charge is 2.28. The Labute approximate surface area is 514 Å². The van der Waals surface area contributed by atoms with Crippen LogP contribution in [0.25, 0.3) is 10.2 Å². The molecule has 0 bridgehead atoms. The van der Waals surface area contributed by atoms with Crippen LogP contribution in [0.3, 0.4) is 0 Å². The lowest BCUT2D eigenvalue weighted by molar-refractivity contribution is -0.145. The van der Waals surface area contributed by atoms with Gasteiger partial charge in [0.1, 0.15) is 34.5 Å². The zero-order valence-electron chi connectivity index (χ0n) is 50.8. The number of benzene rings is 3. The van der Waals surface area contributed by atoms with E-state index in [0.717, 1.165) is 142 Å². The predicted molar refractivity (Wildman–Crippen MR) is 346 cm³/mol. The maximum absolute atomic E-state index is 13.0. The molecule has 86 heavy (non-hydrogen) atoms. The average Bonchev–Trinajstić information content (AvgIpc) is 4.14. The molecule has 0 atom stereocenters. The summed E-state index contributed by atoms with van der Waals surface area (Å²) in [7, 11) is 1.64. The predicted octanol–water partition coefficient (Wildman–Crippen LogP) is 17.4. The summed E-state index contributed by atoms with van der Waals surface area (Å²) >= 11 is 1.57. The molecule has 14 nitrogen and oxygen atoms in total. The molecule has 2 fully saturated rings. The Bertz CT molecular complexity index is 2870. The smallest absolute Gasteiger partial charge is 0.330 e. The van der Waals surface area contributed by atoms with Gasteiger partial charge in [-0.25, -0.2) is 14.8 Å². The third-order valence-electron chi connectivity index (χ3n) is 15.1. The highest BCUT2D eigenvalue weighted by molar-refractivity contribution is 7.22. The van der Waals surface area contributed by atoms with E-state index in [-0.39, 0.29) is 41.3 Å². The Morgan fingerprint density at radius 2 is 1.30 bits per heavy atom. The van der Waals surface area contributed by atoms with E-state index in [4.69, 9.17) is 38.5 Å². The molecular formula is C71H91N3O11S. The van der Waals surface area contributed by atoms with E-state index in [1.54, 1.807) is 42.9 Å². The van der Waals surface area contributed by atoms with Crippen molar-refractivity contribution in [1.29, 1.82) is 0 Å². The Kier molecular flexibility index (Phi) is 31.9. The van der Waals surface area contributed by atoms with Crippen LogP contribution >= 0.6 is 11.3 Å². The fraction of sp³-hybridized carbons (Fsp3) is 0.437. The van der Waals surface area contributed by atoms with Crippen molar-refractivity contribution in [1.82, 2.24) is 4.98 Å². The molecular weight excluding hydrogens is 1100 g/mol. The fourth-order valence-electron chi connectivity index (χ4n) is 9.91. The number of carbonyl (C=O) groups excluding carboxylic acids is 4. The summed E-state index contributed by atoms with van der Waals surface area (Å²) in [5.41, 5.74) is 3.02. The number of aliphatic hydroxyl groups is 1. The molecule has 0 spiro atoms. The van der Waals surface area contributed by atoms with E-state index in [1.165, 1.54) is 36.6 Å². The number of ether oxygens (including phenoxy) is 6. The van der Waals surface area contributed by atoms with Gasteiger partial charge >= 0.3 is 17.9 Å². The summed E-state index contributed by atoms with van der Waals surface area (Å²) < 4.78 is 34.1. The maximum Gasteiger partial charge on any atom is 0.330 e. The number of unbranched alkanes of at least 4 members (excludes halogenated alkanes) is 8. The summed E-state index contributed by atoms with van der Waals surface area (Å²) in [5.74, 6) is 3.19. The number of nitrogens with zero attached hydrogens (tertiary/aromatic N) is 3. The standard InChI is InChI=1S/C48H57N3O6S.C23H34O5/c1-4-41(53)15-10-8-6-5-7-9-14-37-22-29-44(30-23-37)57-47(54)39-24-20-38(21-25-39)33-35-56-43(28-19-36(2)52)16-13-34-49-51(40-26-31-42(55-3)32-27-40)48-50-45-17-11-12-18-46(45)58-48;1-5-22(24)27-17-9-7-6-8-16-26-19(3)12-13-20(4)28-23(25)21-14-10-18(2)11-15-21/h4,11-12,16-19,22-23,26-32,34,38-39,52H,1-2,5-10,13-15,20-21,24-25,33,35H2,3H3;5,12-13,18,21H,1,3-4,6-11,14-17H2,2H3/b28-19-,43-16+,49-34+;13-12-. The van der Waals surface area contributed by atoms with Crippen molar-refractivity contribution in [3.63, 3.8) is 0 Å². The van der Waals surface area contributed by atoms with E-state index >= 15 is 0 Å². The lowest BCUT2D eigenvalue weighted by atomic mass is 9.81. The normalized spacial score (nSPS) is 16.8. The van der Waals surface area contributed by atoms with Crippen molar-refractivity contribution in [2.75, 3.05) is 31.9 Å². The SMILES string of the molecule is C=CC(=O)CCCCCCCCc1ccc(OC(=O)C2CCC(CCOC(/C=C\C(=C)O)=C/C/C=N/N(c3ccc(OC)cc3)c3nc4ccccc4s3)CC2)cc1.C=CC(=O)OCCCCCCOC(=C)/C=C\C(=C)OC(=O)C1CCC(C)CC1. The number of fused-ring (bicyclic) bond motifs is 1. The number of allylic oxidation sites excluding steroid dienone is 6. The van der Waals surface area contributed by atoms with Crippen LogP contribution in [0, 0.1) is 23.7 Å². The van der Waals surface area contributed by atoms with E-state index < -0.39 is 0 Å². The number of rotatable bonds is 37. The first-order valence-corrected chi connectivity index (χ1v) is 31.4. The average molecular weight is 1190 g/mol. The summed E-state index contributed by atoms with van der Waals surface area (Å²) in [6.07, 6.45) is 33.5. The van der Waals surface area contributed by atoms with Gasteiger partial charge in [0.15, 0.2) is 5.78 Å². The summed E-state index contributed by atoms with van der Waals surface area (Å²) in [6, 6.07) is 23.6. The molecule has 3 aromatic carbocycles. The van der Waals surface area contributed by atoms with Crippen molar-refractivity contribution < 1.29 is 52.7 Å². The zero-order chi connectivity index (χ0) is 61.7. The molecule has 2 aliphatic rings. The minimum Gasteiger partial charge on any atom is -0.509 e. The van der Waals surface area contributed by atoms with Crippen molar-refractivity contribution in [2.45, 2.75) is 148 Å². The molecule has 2 aliphatic carbocycles. The lowest BCUT2D eigenvalue weighted by Crippen LogP contribution is -2.26.